The number of thioether (sulfide) groups is 1. The van der Waals surface area contributed by atoms with E-state index >= 15 is 0 Å². The van der Waals surface area contributed by atoms with Crippen LogP contribution >= 0.6 is 35.0 Å². The van der Waals surface area contributed by atoms with Crippen LogP contribution in [0.1, 0.15) is 31.3 Å². The highest BCUT2D eigenvalue weighted by molar-refractivity contribution is 8.13. The number of hydrogen-bond acceptors (Lipinski definition) is 8. The van der Waals surface area contributed by atoms with Gasteiger partial charge in [-0.2, -0.15) is 0 Å². The molecule has 33 heavy (non-hydrogen) atoms. The molecule has 10 heteroatoms. The molecule has 2 aromatic carbocycles. The lowest BCUT2D eigenvalue weighted by Crippen LogP contribution is -2.30. The first-order chi connectivity index (χ1) is 16.0. The molecule has 0 radical (unpaired) electrons. The number of benzene rings is 2. The van der Waals surface area contributed by atoms with Gasteiger partial charge in [0.15, 0.2) is 5.17 Å². The third-order valence-corrected chi connectivity index (χ3v) is 6.27. The Morgan fingerprint density at radius 2 is 1.91 bits per heavy atom. The molecule has 4 rings (SSSR count). The minimum atomic E-state index is -0.589. The molecule has 0 fully saturated rings. The van der Waals surface area contributed by atoms with Gasteiger partial charge in [-0.25, -0.2) is 9.79 Å². The molecule has 1 aliphatic heterocycles. The SMILES string of the molecule is CCOC(=O)C1=C(C)NC(SCc2nnc(-c3ccc(Cl)cc3)o2)=NC1c1ccccc1Cl. The third kappa shape index (κ3) is 5.40. The molecule has 0 amide bonds. The molecule has 1 N–H and O–H groups in total. The van der Waals surface area contributed by atoms with Crippen LogP contribution in [0.25, 0.3) is 11.5 Å². The number of ether oxygens (including phenoxy) is 1. The van der Waals surface area contributed by atoms with Gasteiger partial charge in [0.25, 0.3) is 0 Å². The maximum atomic E-state index is 12.7. The summed E-state index contributed by atoms with van der Waals surface area (Å²) in [5, 5.41) is 13.2. The average molecular weight is 503 g/mol. The monoisotopic (exact) mass is 502 g/mol. The lowest BCUT2D eigenvalue weighted by molar-refractivity contribution is -0.138. The molecule has 0 saturated heterocycles. The summed E-state index contributed by atoms with van der Waals surface area (Å²) in [7, 11) is 0. The van der Waals surface area contributed by atoms with Gasteiger partial charge in [0, 0.05) is 26.9 Å². The van der Waals surface area contributed by atoms with E-state index in [2.05, 4.69) is 15.5 Å². The highest BCUT2D eigenvalue weighted by Gasteiger charge is 2.31. The fraction of sp³-hybridized carbons (Fsp3) is 0.217. The fourth-order valence-electron chi connectivity index (χ4n) is 3.27. The third-order valence-electron chi connectivity index (χ3n) is 4.80. The number of nitrogens with one attached hydrogen (secondary N) is 1. The van der Waals surface area contributed by atoms with Crippen molar-refractivity contribution in [3.8, 4) is 11.5 Å². The number of hydrogen-bond donors (Lipinski definition) is 1. The van der Waals surface area contributed by atoms with Crippen molar-refractivity contribution in [1.82, 2.24) is 15.5 Å². The molecule has 0 spiro atoms. The molecule has 1 unspecified atom stereocenters. The number of esters is 1. The molecular formula is C23H20Cl2N4O3S. The topological polar surface area (TPSA) is 89.6 Å². The normalized spacial score (nSPS) is 15.8. The van der Waals surface area contributed by atoms with Gasteiger partial charge in [0.2, 0.25) is 11.8 Å². The average Bonchev–Trinajstić information content (AvgIpc) is 3.27. The predicted molar refractivity (Wildman–Crippen MR) is 130 cm³/mol. The zero-order valence-corrected chi connectivity index (χ0v) is 20.2. The summed E-state index contributed by atoms with van der Waals surface area (Å²) in [4.78, 5) is 17.4. The van der Waals surface area contributed by atoms with Crippen LogP contribution in [0, 0.1) is 0 Å². The van der Waals surface area contributed by atoms with E-state index in [1.165, 1.54) is 11.8 Å². The van der Waals surface area contributed by atoms with Crippen LogP contribution in [-0.4, -0.2) is 27.9 Å². The maximum absolute atomic E-state index is 12.7. The smallest absolute Gasteiger partial charge is 0.338 e. The van der Waals surface area contributed by atoms with Crippen molar-refractivity contribution in [1.29, 1.82) is 0 Å². The Kier molecular flexibility index (Phi) is 7.37. The van der Waals surface area contributed by atoms with Gasteiger partial charge >= 0.3 is 5.97 Å². The number of halogens is 2. The Labute approximate surface area is 205 Å². The maximum Gasteiger partial charge on any atom is 0.338 e. The van der Waals surface area contributed by atoms with Crippen molar-refractivity contribution < 1.29 is 13.9 Å². The summed E-state index contributed by atoms with van der Waals surface area (Å²) < 4.78 is 11.0. The molecular weight excluding hydrogens is 483 g/mol. The van der Waals surface area contributed by atoms with Crippen LogP contribution in [0.2, 0.25) is 10.0 Å². The Balaban J connectivity index is 1.55. The van der Waals surface area contributed by atoms with Crippen LogP contribution in [0.4, 0.5) is 0 Å². The van der Waals surface area contributed by atoms with Crippen LogP contribution in [0.5, 0.6) is 0 Å². The predicted octanol–water partition coefficient (Wildman–Crippen LogP) is 5.81. The molecule has 1 aromatic heterocycles. The van der Waals surface area contributed by atoms with Gasteiger partial charge in [-0.1, -0.05) is 53.2 Å². The van der Waals surface area contributed by atoms with Crippen LogP contribution in [0.15, 0.2) is 69.2 Å². The molecule has 3 aromatic rings. The summed E-state index contributed by atoms with van der Waals surface area (Å²) in [5.41, 5.74) is 2.59. The molecule has 7 nitrogen and oxygen atoms in total. The van der Waals surface area contributed by atoms with E-state index in [-0.39, 0.29) is 6.61 Å². The number of amidine groups is 1. The highest BCUT2D eigenvalue weighted by Crippen LogP contribution is 2.36. The van der Waals surface area contributed by atoms with Crippen molar-refractivity contribution in [3.05, 3.63) is 81.3 Å². The summed E-state index contributed by atoms with van der Waals surface area (Å²) in [5.74, 6) is 0.825. The second-order valence-corrected chi connectivity index (χ2v) is 8.85. The zero-order chi connectivity index (χ0) is 23.4. The first-order valence-corrected chi connectivity index (χ1v) is 11.9. The number of carbonyl (C=O) groups excluding carboxylic acids is 1. The lowest BCUT2D eigenvalue weighted by atomic mass is 9.96. The standard InChI is InChI=1S/C23H20Cl2N4O3S/c1-3-31-22(30)19-13(2)26-23(27-20(19)16-6-4-5-7-17(16)25)33-12-18-28-29-21(32-18)14-8-10-15(24)11-9-14/h4-11,20H,3,12H2,1-2H3,(H,26,27). The van der Waals surface area contributed by atoms with Crippen molar-refractivity contribution >= 4 is 46.1 Å². The molecule has 0 saturated carbocycles. The summed E-state index contributed by atoms with van der Waals surface area (Å²) in [6.07, 6.45) is 0. The van der Waals surface area contributed by atoms with Gasteiger partial charge in [-0.15, -0.1) is 10.2 Å². The molecule has 0 bridgehead atoms. The highest BCUT2D eigenvalue weighted by atomic mass is 35.5. The largest absolute Gasteiger partial charge is 0.463 e. The summed E-state index contributed by atoms with van der Waals surface area (Å²) in [6.45, 7) is 3.85. The lowest BCUT2D eigenvalue weighted by Gasteiger charge is -2.26. The number of aliphatic imine (C=N–C) groups is 1. The number of allylic oxidation sites excluding steroid dienone is 1. The summed E-state index contributed by atoms with van der Waals surface area (Å²) in [6, 6.07) is 13.9. The van der Waals surface area contributed by atoms with E-state index in [0.717, 1.165) is 11.1 Å². The second-order valence-electron chi connectivity index (χ2n) is 7.04. The first kappa shape index (κ1) is 23.4. The first-order valence-electron chi connectivity index (χ1n) is 10.1. The Morgan fingerprint density at radius 3 is 2.64 bits per heavy atom. The molecule has 1 atom stereocenters. The molecule has 2 heterocycles. The van der Waals surface area contributed by atoms with Crippen molar-refractivity contribution in [2.45, 2.75) is 25.6 Å². The Hall–Kier alpha value is -2.81. The molecule has 170 valence electrons. The minimum Gasteiger partial charge on any atom is -0.463 e. The summed E-state index contributed by atoms with van der Waals surface area (Å²) >= 11 is 13.8. The second kappa shape index (κ2) is 10.4. The van der Waals surface area contributed by atoms with E-state index in [4.69, 9.17) is 37.3 Å². The van der Waals surface area contributed by atoms with Gasteiger partial charge in [-0.05, 0) is 44.2 Å². The fourth-order valence-corrected chi connectivity index (χ4v) is 4.41. The van der Waals surface area contributed by atoms with Crippen LogP contribution < -0.4 is 5.32 Å². The van der Waals surface area contributed by atoms with E-state index < -0.39 is 12.0 Å². The van der Waals surface area contributed by atoms with Crippen LogP contribution in [-0.2, 0) is 15.3 Å². The zero-order valence-electron chi connectivity index (χ0n) is 17.8. The van der Waals surface area contributed by atoms with E-state index in [0.29, 0.717) is 44.0 Å². The number of carbonyl (C=O) groups is 1. The number of rotatable bonds is 6. The van der Waals surface area contributed by atoms with Crippen LogP contribution in [0.3, 0.4) is 0 Å². The van der Waals surface area contributed by atoms with Crippen molar-refractivity contribution in [2.75, 3.05) is 6.61 Å². The van der Waals surface area contributed by atoms with E-state index in [9.17, 15) is 4.79 Å². The Bertz CT molecular complexity index is 1220. The van der Waals surface area contributed by atoms with Gasteiger partial charge in [0.05, 0.1) is 17.9 Å². The van der Waals surface area contributed by atoms with Crippen molar-refractivity contribution in [3.63, 3.8) is 0 Å². The van der Waals surface area contributed by atoms with E-state index in [1.54, 1.807) is 25.1 Å². The minimum absolute atomic E-state index is 0.267. The number of nitrogens with zero attached hydrogens (tertiary/aromatic N) is 3. The number of aromatic nitrogens is 2. The quantitative estimate of drug-likeness (QED) is 0.425. The van der Waals surface area contributed by atoms with Gasteiger partial charge in [0.1, 0.15) is 6.04 Å². The van der Waals surface area contributed by atoms with E-state index in [1.807, 2.05) is 37.3 Å². The van der Waals surface area contributed by atoms with Gasteiger partial charge < -0.3 is 14.5 Å². The molecule has 1 aliphatic rings. The Morgan fingerprint density at radius 1 is 1.15 bits per heavy atom. The van der Waals surface area contributed by atoms with Crippen molar-refractivity contribution in [2.24, 2.45) is 4.99 Å². The molecule has 0 aliphatic carbocycles. The van der Waals surface area contributed by atoms with Gasteiger partial charge in [-0.3, -0.25) is 0 Å².